The van der Waals surface area contributed by atoms with E-state index in [0.29, 0.717) is 0 Å². The van der Waals surface area contributed by atoms with Gasteiger partial charge in [0.15, 0.2) is 0 Å². The maximum atomic E-state index is 4.39. The van der Waals surface area contributed by atoms with E-state index in [1.165, 1.54) is 5.56 Å². The van der Waals surface area contributed by atoms with Crippen LogP contribution >= 0.6 is 0 Å². The first-order chi connectivity index (χ1) is 10.3. The van der Waals surface area contributed by atoms with Gasteiger partial charge in [0, 0.05) is 18.6 Å². The average Bonchev–Trinajstić information content (AvgIpc) is 2.54. The van der Waals surface area contributed by atoms with Gasteiger partial charge in [-0.25, -0.2) is 0 Å². The molecule has 0 fully saturated rings. The van der Waals surface area contributed by atoms with Gasteiger partial charge in [-0.2, -0.15) is 0 Å². The Morgan fingerprint density at radius 1 is 0.762 bits per heavy atom. The molecule has 0 bridgehead atoms. The number of hydrogen-bond acceptors (Lipinski definition) is 3. The maximum Gasteiger partial charge on any atom is 0.0892 e. The molecule has 3 rings (SSSR count). The normalized spacial score (nSPS) is 10.9. The van der Waals surface area contributed by atoms with Gasteiger partial charge in [-0.05, 0) is 60.5 Å². The summed E-state index contributed by atoms with van der Waals surface area (Å²) in [6.07, 6.45) is 9.42. The summed E-state index contributed by atoms with van der Waals surface area (Å²) in [5, 5.41) is 0. The van der Waals surface area contributed by atoms with Crippen LogP contribution in [0, 0.1) is 6.92 Å². The Balaban J connectivity index is 1.88. The largest absolute Gasteiger partial charge is 0.257 e. The highest BCUT2D eigenvalue weighted by Crippen LogP contribution is 2.17. The summed E-state index contributed by atoms with van der Waals surface area (Å²) in [6.45, 7) is 2.05. The van der Waals surface area contributed by atoms with Crippen LogP contribution in [0.15, 0.2) is 61.1 Å². The highest BCUT2D eigenvalue weighted by atomic mass is 14.8. The van der Waals surface area contributed by atoms with Crippen LogP contribution in [0.25, 0.3) is 23.5 Å². The molecule has 0 saturated carbocycles. The van der Waals surface area contributed by atoms with Crippen LogP contribution in [-0.2, 0) is 0 Å². The molecule has 0 unspecified atom stereocenters. The average molecular weight is 273 g/mol. The van der Waals surface area contributed by atoms with Crippen LogP contribution in [-0.4, -0.2) is 15.0 Å². The Kier molecular flexibility index (Phi) is 3.83. The monoisotopic (exact) mass is 273 g/mol. The highest BCUT2D eigenvalue weighted by Gasteiger charge is 2.01. The van der Waals surface area contributed by atoms with Crippen molar-refractivity contribution in [2.45, 2.75) is 6.92 Å². The van der Waals surface area contributed by atoms with Gasteiger partial charge in [0.1, 0.15) is 0 Å². The van der Waals surface area contributed by atoms with Crippen molar-refractivity contribution in [2.24, 2.45) is 0 Å². The number of rotatable bonds is 3. The summed E-state index contributed by atoms with van der Waals surface area (Å²) in [6, 6.07) is 13.9. The third-order valence-corrected chi connectivity index (χ3v) is 3.10. The second-order valence-corrected chi connectivity index (χ2v) is 4.78. The van der Waals surface area contributed by atoms with Gasteiger partial charge in [0.2, 0.25) is 0 Å². The molecule has 0 N–H and O–H groups in total. The summed E-state index contributed by atoms with van der Waals surface area (Å²) >= 11 is 0. The summed E-state index contributed by atoms with van der Waals surface area (Å²) in [4.78, 5) is 13.0. The number of aryl methyl sites for hydroxylation is 1. The molecule has 0 spiro atoms. The van der Waals surface area contributed by atoms with E-state index in [0.717, 1.165) is 22.6 Å². The van der Waals surface area contributed by atoms with Gasteiger partial charge in [-0.15, -0.1) is 0 Å². The van der Waals surface area contributed by atoms with Crippen molar-refractivity contribution in [1.29, 1.82) is 0 Å². The van der Waals surface area contributed by atoms with Crippen LogP contribution < -0.4 is 0 Å². The predicted octanol–water partition coefficient (Wildman–Crippen LogP) is 4.02. The quantitative estimate of drug-likeness (QED) is 0.723. The zero-order chi connectivity index (χ0) is 14.5. The molecule has 102 valence electrons. The Morgan fingerprint density at radius 3 is 2.33 bits per heavy atom. The van der Waals surface area contributed by atoms with Crippen LogP contribution in [0.1, 0.15) is 16.8 Å². The SMILES string of the molecule is Cc1ccnc(-c2cc(/C=C/c3ccccn3)ccn2)c1. The zero-order valence-corrected chi connectivity index (χ0v) is 11.8. The summed E-state index contributed by atoms with van der Waals surface area (Å²) in [7, 11) is 0. The second-order valence-electron chi connectivity index (χ2n) is 4.78. The van der Waals surface area contributed by atoms with E-state index < -0.39 is 0 Å². The molecular formula is C18H15N3. The predicted molar refractivity (Wildman–Crippen MR) is 85.4 cm³/mol. The van der Waals surface area contributed by atoms with Gasteiger partial charge < -0.3 is 0 Å². The molecule has 3 heteroatoms. The first-order valence-corrected chi connectivity index (χ1v) is 6.79. The Labute approximate surface area is 124 Å². The Hall–Kier alpha value is -2.81. The van der Waals surface area contributed by atoms with E-state index in [9.17, 15) is 0 Å². The third-order valence-electron chi connectivity index (χ3n) is 3.10. The standard InChI is InChI=1S/C18H15N3/c1-14-7-10-20-17(12-14)18-13-15(8-11-21-18)5-6-16-4-2-3-9-19-16/h2-13H,1H3/b6-5+. The molecule has 0 atom stereocenters. The molecule has 0 aliphatic heterocycles. The van der Waals surface area contributed by atoms with Crippen LogP contribution in [0.2, 0.25) is 0 Å². The molecule has 3 heterocycles. The van der Waals surface area contributed by atoms with Crippen molar-refractivity contribution in [3.8, 4) is 11.4 Å². The van der Waals surface area contributed by atoms with Gasteiger partial charge in [0.25, 0.3) is 0 Å². The molecule has 0 radical (unpaired) electrons. The molecular weight excluding hydrogens is 258 g/mol. The summed E-state index contributed by atoms with van der Waals surface area (Å²) in [5.41, 5.74) is 4.96. The molecule has 3 nitrogen and oxygen atoms in total. The topological polar surface area (TPSA) is 38.7 Å². The van der Waals surface area contributed by atoms with Crippen molar-refractivity contribution in [3.05, 3.63) is 77.9 Å². The lowest BCUT2D eigenvalue weighted by Crippen LogP contribution is -1.88. The van der Waals surface area contributed by atoms with Crippen molar-refractivity contribution >= 4 is 12.2 Å². The Morgan fingerprint density at radius 2 is 1.57 bits per heavy atom. The second kappa shape index (κ2) is 6.09. The molecule has 3 aromatic rings. The van der Waals surface area contributed by atoms with Crippen LogP contribution in [0.3, 0.4) is 0 Å². The lowest BCUT2D eigenvalue weighted by molar-refractivity contribution is 1.23. The van der Waals surface area contributed by atoms with E-state index in [1.807, 2.05) is 60.8 Å². The van der Waals surface area contributed by atoms with E-state index in [1.54, 1.807) is 12.4 Å². The van der Waals surface area contributed by atoms with Crippen molar-refractivity contribution in [3.63, 3.8) is 0 Å². The van der Waals surface area contributed by atoms with E-state index >= 15 is 0 Å². The molecule has 3 aromatic heterocycles. The fourth-order valence-electron chi connectivity index (χ4n) is 2.02. The smallest absolute Gasteiger partial charge is 0.0892 e. The first kappa shape index (κ1) is 13.2. The third kappa shape index (κ3) is 3.39. The molecule has 0 aliphatic rings. The lowest BCUT2D eigenvalue weighted by atomic mass is 10.1. The zero-order valence-electron chi connectivity index (χ0n) is 11.8. The van der Waals surface area contributed by atoms with Gasteiger partial charge in [0.05, 0.1) is 17.1 Å². The number of pyridine rings is 3. The van der Waals surface area contributed by atoms with Crippen molar-refractivity contribution < 1.29 is 0 Å². The Bertz CT molecular complexity index is 764. The van der Waals surface area contributed by atoms with E-state index in [2.05, 4.69) is 21.9 Å². The number of nitrogens with zero attached hydrogens (tertiary/aromatic N) is 3. The number of hydrogen-bond donors (Lipinski definition) is 0. The van der Waals surface area contributed by atoms with Gasteiger partial charge >= 0.3 is 0 Å². The highest BCUT2D eigenvalue weighted by molar-refractivity contribution is 5.70. The van der Waals surface area contributed by atoms with Crippen molar-refractivity contribution in [1.82, 2.24) is 15.0 Å². The molecule has 0 amide bonds. The number of aromatic nitrogens is 3. The van der Waals surface area contributed by atoms with Gasteiger partial charge in [-0.3, -0.25) is 15.0 Å². The summed E-state index contributed by atoms with van der Waals surface area (Å²) in [5.74, 6) is 0. The van der Waals surface area contributed by atoms with Crippen LogP contribution in [0.4, 0.5) is 0 Å². The fourth-order valence-corrected chi connectivity index (χ4v) is 2.02. The molecule has 0 aromatic carbocycles. The maximum absolute atomic E-state index is 4.39. The van der Waals surface area contributed by atoms with Crippen LogP contribution in [0.5, 0.6) is 0 Å². The fraction of sp³-hybridized carbons (Fsp3) is 0.0556. The minimum Gasteiger partial charge on any atom is -0.257 e. The minimum atomic E-state index is 0.877. The van der Waals surface area contributed by atoms with Gasteiger partial charge in [-0.1, -0.05) is 12.1 Å². The van der Waals surface area contributed by atoms with Crippen molar-refractivity contribution in [2.75, 3.05) is 0 Å². The minimum absolute atomic E-state index is 0.877. The lowest BCUT2D eigenvalue weighted by Gasteiger charge is -2.02. The summed E-state index contributed by atoms with van der Waals surface area (Å²) < 4.78 is 0. The molecule has 21 heavy (non-hydrogen) atoms. The first-order valence-electron chi connectivity index (χ1n) is 6.79. The molecule has 0 saturated heterocycles. The van der Waals surface area contributed by atoms with E-state index in [4.69, 9.17) is 0 Å². The van der Waals surface area contributed by atoms with E-state index in [-0.39, 0.29) is 0 Å². The molecule has 0 aliphatic carbocycles.